The molecule has 38 nitrogen and oxygen atoms in total. The summed E-state index contributed by atoms with van der Waals surface area (Å²) in [4.78, 5) is 22.0. The number of alkyl halides is 1. The number of hydrogen-bond acceptors (Lipinski definition) is 37. The third-order valence-electron chi connectivity index (χ3n) is 25.3. The summed E-state index contributed by atoms with van der Waals surface area (Å²) in [6.45, 7) is 63.4. The minimum Gasteiger partial charge on any atom is -0.463 e. The quantitative estimate of drug-likeness (QED) is 0.135. The first-order valence-electron chi connectivity index (χ1n) is 47.3. The molecule has 0 bridgehead atoms. The Labute approximate surface area is 796 Å². The number of nitrogens with one attached hydrogen (secondary N) is 1. The van der Waals surface area contributed by atoms with Crippen molar-refractivity contribution in [1.82, 2.24) is 5.32 Å². The van der Waals surface area contributed by atoms with Crippen molar-refractivity contribution in [2.24, 2.45) is 67.0 Å². The lowest BCUT2D eigenvalue weighted by Crippen LogP contribution is -2.66. The molecule has 9 aliphatic rings. The van der Waals surface area contributed by atoms with Crippen molar-refractivity contribution in [3.63, 3.8) is 0 Å². The molecule has 0 aliphatic carbocycles. The number of rotatable bonds is 9. The Morgan fingerprint density at radius 3 is 0.955 bits per heavy atom. The molecule has 39 heteroatoms. The van der Waals surface area contributed by atoms with E-state index in [2.05, 4.69) is 5.32 Å². The van der Waals surface area contributed by atoms with E-state index in [1.54, 1.807) is 13.8 Å². The van der Waals surface area contributed by atoms with E-state index in [1.165, 1.54) is 13.8 Å². The van der Waals surface area contributed by atoms with E-state index in [1.807, 2.05) is 208 Å². The molecule has 17 unspecified atom stereocenters. The Hall–Kier alpha value is -2.49. The van der Waals surface area contributed by atoms with Crippen LogP contribution < -0.4 is 5.32 Å². The molecule has 9 rings (SSSR count). The zero-order valence-corrected chi connectivity index (χ0v) is 86.6. The van der Waals surface area contributed by atoms with Gasteiger partial charge in [0, 0.05) is 25.7 Å². The third kappa shape index (κ3) is 39.2. The Bertz CT molecular complexity index is 3070. The van der Waals surface area contributed by atoms with Crippen LogP contribution in [0.2, 0.25) is 0 Å². The van der Waals surface area contributed by atoms with Crippen LogP contribution in [-0.4, -0.2) is 424 Å². The molecule has 0 saturated carbocycles. The second-order valence-electron chi connectivity index (χ2n) is 45.8. The van der Waals surface area contributed by atoms with Crippen molar-refractivity contribution >= 4 is 11.9 Å². The molecule has 42 atom stereocenters. The molecule has 9 heterocycles. The third-order valence-corrected chi connectivity index (χ3v) is 25.3. The van der Waals surface area contributed by atoms with Gasteiger partial charge in [-0.15, -0.1) is 0 Å². The predicted octanol–water partition coefficient (Wildman–Crippen LogP) is 0.00170. The largest absolute Gasteiger partial charge is 0.463 e. The van der Waals surface area contributed by atoms with Crippen molar-refractivity contribution in [3.05, 3.63) is 0 Å². The fourth-order valence-electron chi connectivity index (χ4n) is 17.3. The Kier molecular flexibility index (Phi) is 55.1. The first-order chi connectivity index (χ1) is 60.7. The van der Waals surface area contributed by atoms with Gasteiger partial charge >= 0.3 is 5.97 Å². The average molecular weight is 1960 g/mol. The number of aliphatic hydroxyl groups excluding tert-OH is 25. The first-order valence-corrected chi connectivity index (χ1v) is 47.3. The number of hydrogen-bond donors (Lipinski definition) is 26. The van der Waals surface area contributed by atoms with Crippen LogP contribution in [0.5, 0.6) is 0 Å². The van der Waals surface area contributed by atoms with Crippen molar-refractivity contribution in [1.29, 1.82) is 0 Å². The van der Waals surface area contributed by atoms with Crippen LogP contribution in [0.4, 0.5) is 4.39 Å². The topological polar surface area (TPSA) is 644 Å². The standard InChI is InChI=1S/C14H25FO3.C12H23NO5.3C11H22O4.2C10H20O5.C9H18O4.C5H10O3.C2H6/c1-8-9(2)12(15)13(14(4,5)6)18-11(8)7-17-10(3)16;1-6(15)13-8-10(17)9(16)7(5-14)18-11(8)12(2,3)4;1-6-8(11(2,3)4)10(14)9(13)7(5-12)15-6;1-6-8(12)10(14)9(13)7(15-6)5-11(2,3)4;1-6-8(13)9(14)7(5-12)15-10(6)11(2,3)4;2*1-10(2,3)9-8(14)7(13)6(12)5(4-11)15-9;1-9(2,3)8-7(12)6(11)5(10)4-13-8;1-3-5(7)4(6)2-8-3;1-2/h8-9,11-13H,7H2,1-6H3;7-11,14,16-17H,5H2,1-4H3,(H,13,15);3*6-10,12-14H,5H2,1-4H3;2*5-9,11-14H,4H2,1-3H3;5-8,10-12H,4H2,1-3H3;3-7H,2H2,1H3;1-2H3/t8-,9-,11?,12?,13+;7?,8?,9-,10-,11-;6-,7?,8?,9-,10-;6?,7?,8?,9-,10-;6?,7?,8-,9-,10+;5?,6-,7-,8?,9+;5?,6-,7-,8?,9-;5-,6+,7?,8?;3-,4+,5+;/m011110010./s1. The molecule has 26 N–H and O–H groups in total. The number of carbonyl (C=O) groups is 2. The van der Waals surface area contributed by atoms with Gasteiger partial charge in [0.15, 0.2) is 0 Å². The van der Waals surface area contributed by atoms with Gasteiger partial charge in [0.1, 0.15) is 153 Å². The lowest BCUT2D eigenvalue weighted by atomic mass is 9.71. The van der Waals surface area contributed by atoms with Gasteiger partial charge in [-0.25, -0.2) is 4.39 Å². The zero-order valence-electron chi connectivity index (χ0n) is 86.6. The summed E-state index contributed by atoms with van der Waals surface area (Å²) >= 11 is 0. The smallest absolute Gasteiger partial charge is 0.302 e. The molecule has 134 heavy (non-hydrogen) atoms. The maximum atomic E-state index is 14.3. The lowest BCUT2D eigenvalue weighted by molar-refractivity contribution is -0.250. The minimum atomic E-state index is -1.28. The van der Waals surface area contributed by atoms with Crippen LogP contribution in [0.25, 0.3) is 0 Å². The van der Waals surface area contributed by atoms with E-state index in [0.29, 0.717) is 6.42 Å². The SMILES string of the molecule is CC.CC(=O)NC1[C@@H](O)[C@H](O)C(CO)O[C@H]1C(C)(C)C.CC(=O)OCC1O[C@@H](C(C)(C)C)C(F)[C@@H](C)[C@@H]1C.CC(C)(C)C1OC[C@@H](O)[C@H](O)C1O.CC(C)(C)[C@@H]1OC(CO)[C@H](O)[C@H](O)C1O.CC(C)(C)[C@H]1OC(CO)[C@H](O)[C@H](O)C1O.CC1OC(CC(C)(C)C)[C@@H](O)[C@H](O)C1O.CC1[C@@H](O)[C@H](O)C(CO)O[C@@H]1C(C)(C)C.C[C@@H]1OC[C@@H](O)[C@@H]1O.C[C@H]1OC(CO)[C@@H](O)[C@H](O)C1C(C)(C)C. The second kappa shape index (κ2) is 56.1. The maximum absolute atomic E-state index is 14.3. The predicted molar refractivity (Wildman–Crippen MR) is 494 cm³/mol. The van der Waals surface area contributed by atoms with Gasteiger partial charge in [0.2, 0.25) is 5.91 Å². The highest BCUT2D eigenvalue weighted by molar-refractivity contribution is 5.73. The van der Waals surface area contributed by atoms with Gasteiger partial charge in [0.25, 0.3) is 0 Å². The molecule has 9 aliphatic heterocycles. The Balaban J connectivity index is 0.00000149. The number of ether oxygens (including phenoxy) is 10. The number of amides is 1. The van der Waals surface area contributed by atoms with Crippen molar-refractivity contribution in [2.75, 3.05) is 52.9 Å². The monoisotopic (exact) mass is 1950 g/mol. The minimum absolute atomic E-state index is 0.0212. The van der Waals surface area contributed by atoms with E-state index in [9.17, 15) is 106 Å². The average Bonchev–Trinajstić information content (AvgIpc) is 0.811. The van der Waals surface area contributed by atoms with E-state index in [-0.39, 0.29) is 156 Å². The maximum Gasteiger partial charge on any atom is 0.302 e. The molecule has 0 aromatic rings. The van der Waals surface area contributed by atoms with Gasteiger partial charge in [-0.05, 0) is 82.3 Å². The van der Waals surface area contributed by atoms with Gasteiger partial charge < -0.3 is 180 Å². The first kappa shape index (κ1) is 132. The molecule has 9 saturated heterocycles. The summed E-state index contributed by atoms with van der Waals surface area (Å²) in [6.07, 6.45) is -29.3. The van der Waals surface area contributed by atoms with Crippen LogP contribution in [0.15, 0.2) is 0 Å². The zero-order chi connectivity index (χ0) is 106. The summed E-state index contributed by atoms with van der Waals surface area (Å²) in [7, 11) is 0. The molecule has 0 spiro atoms. The molecule has 1 amide bonds. The number of esters is 1. The molecule has 802 valence electrons. The van der Waals surface area contributed by atoms with E-state index in [0.717, 1.165) is 0 Å². The number of halogens is 1. The van der Waals surface area contributed by atoms with Crippen LogP contribution in [0, 0.1) is 67.0 Å². The van der Waals surface area contributed by atoms with Gasteiger partial charge in [-0.2, -0.15) is 0 Å². The van der Waals surface area contributed by atoms with Crippen molar-refractivity contribution in [3.8, 4) is 0 Å². The molecular formula is C95H188FNO37. The summed E-state index contributed by atoms with van der Waals surface area (Å²) in [5.41, 5.74) is -1.81. The highest BCUT2D eigenvalue weighted by atomic mass is 19.1. The van der Waals surface area contributed by atoms with Gasteiger partial charge in [-0.1, -0.05) is 201 Å². The number of aliphatic hydroxyl groups is 25. The van der Waals surface area contributed by atoms with Crippen LogP contribution >= 0.6 is 0 Å². The fourth-order valence-corrected chi connectivity index (χ4v) is 17.3. The van der Waals surface area contributed by atoms with Crippen molar-refractivity contribution in [2.45, 2.75) is 474 Å². The summed E-state index contributed by atoms with van der Waals surface area (Å²) in [5.74, 6) is -0.945. The normalized spacial score (nSPS) is 41.1. The van der Waals surface area contributed by atoms with Gasteiger partial charge in [0.05, 0.1) is 132 Å². The van der Waals surface area contributed by atoms with E-state index in [4.69, 9.17) is 83.1 Å². The molecular weight excluding hydrogens is 1770 g/mol. The summed E-state index contributed by atoms with van der Waals surface area (Å²) in [5, 5.41) is 239. The highest BCUT2D eigenvalue weighted by Crippen LogP contribution is 2.44. The Morgan fingerprint density at radius 2 is 0.619 bits per heavy atom. The van der Waals surface area contributed by atoms with Crippen LogP contribution in [0.3, 0.4) is 0 Å². The fraction of sp³-hybridized carbons (Fsp3) is 0.979. The van der Waals surface area contributed by atoms with E-state index >= 15 is 0 Å². The van der Waals surface area contributed by atoms with Crippen LogP contribution in [0.1, 0.15) is 242 Å². The second-order valence-corrected chi connectivity index (χ2v) is 45.8. The summed E-state index contributed by atoms with van der Waals surface area (Å²) in [6, 6.07) is -0.694. The molecule has 9 fully saturated rings. The Morgan fingerprint density at radius 1 is 0.306 bits per heavy atom. The molecule has 0 aromatic carbocycles. The highest BCUT2D eigenvalue weighted by Gasteiger charge is 2.55. The van der Waals surface area contributed by atoms with Gasteiger partial charge in [-0.3, -0.25) is 9.59 Å². The lowest BCUT2D eigenvalue weighted by Gasteiger charge is -2.47. The molecule has 0 aromatic heterocycles. The van der Waals surface area contributed by atoms with Crippen LogP contribution in [-0.2, 0) is 57.0 Å². The van der Waals surface area contributed by atoms with Crippen molar-refractivity contribution < 1.29 is 189 Å². The number of carbonyl (C=O) groups excluding carboxylic acids is 2. The van der Waals surface area contributed by atoms with E-state index < -0.39 is 208 Å². The molecule has 0 radical (unpaired) electrons. The summed E-state index contributed by atoms with van der Waals surface area (Å²) < 4.78 is 68.4.